The number of amides is 1. The third-order valence-electron chi connectivity index (χ3n) is 7.52. The first-order chi connectivity index (χ1) is 20.7. The third-order valence-corrected chi connectivity index (χ3v) is 8.33. The maximum atomic E-state index is 14.8. The molecule has 2 aromatic heterocycles. The summed E-state index contributed by atoms with van der Waals surface area (Å²) in [6, 6.07) is 12.5. The van der Waals surface area contributed by atoms with Gasteiger partial charge in [-0.15, -0.1) is 0 Å². The number of nitrogens with zero attached hydrogens (tertiary/aromatic N) is 3. The molecule has 1 fully saturated rings. The first kappa shape index (κ1) is 30.6. The molecule has 5 rings (SSSR count). The Hall–Kier alpha value is -3.83. The van der Waals surface area contributed by atoms with Crippen molar-refractivity contribution in [3.05, 3.63) is 92.1 Å². The van der Waals surface area contributed by atoms with Crippen molar-refractivity contribution >= 4 is 34.8 Å². The summed E-state index contributed by atoms with van der Waals surface area (Å²) in [5, 5.41) is 20.3. The molecule has 1 aliphatic carbocycles. The number of carbonyl (C=O) groups excluding carboxylic acids is 1. The summed E-state index contributed by atoms with van der Waals surface area (Å²) in [7, 11) is 2.95. The molecule has 0 radical (unpaired) electrons. The van der Waals surface area contributed by atoms with E-state index in [0.717, 1.165) is 42.0 Å². The van der Waals surface area contributed by atoms with Gasteiger partial charge in [0.25, 0.3) is 11.5 Å². The summed E-state index contributed by atoms with van der Waals surface area (Å²) in [6.07, 6.45) is 4.74. The number of hydrogen-bond acceptors (Lipinski definition) is 7. The average Bonchev–Trinajstić information content (AvgIpc) is 3.00. The van der Waals surface area contributed by atoms with E-state index in [1.165, 1.54) is 32.5 Å². The van der Waals surface area contributed by atoms with E-state index in [1.807, 2.05) is 12.1 Å². The van der Waals surface area contributed by atoms with E-state index in [9.17, 15) is 19.1 Å². The van der Waals surface area contributed by atoms with E-state index in [2.05, 4.69) is 20.7 Å². The Morgan fingerprint density at radius 1 is 1.09 bits per heavy atom. The summed E-state index contributed by atoms with van der Waals surface area (Å²) in [4.78, 5) is 29.9. The Kier molecular flexibility index (Phi) is 9.41. The molecule has 43 heavy (non-hydrogen) atoms. The summed E-state index contributed by atoms with van der Waals surface area (Å²) in [5.41, 5.74) is 1.76. The van der Waals surface area contributed by atoms with Crippen LogP contribution in [0, 0.1) is 5.82 Å². The van der Waals surface area contributed by atoms with Crippen LogP contribution in [0.3, 0.4) is 0 Å². The number of anilines is 1. The third kappa shape index (κ3) is 6.57. The second-order valence-corrected chi connectivity index (χ2v) is 11.1. The zero-order chi connectivity index (χ0) is 30.7. The van der Waals surface area contributed by atoms with E-state index in [0.29, 0.717) is 29.2 Å². The van der Waals surface area contributed by atoms with Gasteiger partial charge in [0.2, 0.25) is 5.88 Å². The Bertz CT molecular complexity index is 1730. The normalized spacial score (nSPS) is 16.6. The molecule has 0 bridgehead atoms. The van der Waals surface area contributed by atoms with Gasteiger partial charge in [0.05, 0.1) is 34.6 Å². The van der Waals surface area contributed by atoms with Gasteiger partial charge < -0.3 is 20.5 Å². The maximum absolute atomic E-state index is 14.8. The lowest BCUT2D eigenvalue weighted by molar-refractivity contribution is 0.0901. The fraction of sp³-hybridized carbons (Fsp3) is 0.290. The molecule has 1 aliphatic rings. The van der Waals surface area contributed by atoms with Crippen molar-refractivity contribution in [2.75, 3.05) is 12.4 Å². The zero-order valence-electron chi connectivity index (χ0n) is 23.5. The van der Waals surface area contributed by atoms with E-state index in [4.69, 9.17) is 27.9 Å². The smallest absolute Gasteiger partial charge is 0.279 e. The molecule has 12 heteroatoms. The lowest BCUT2D eigenvalue weighted by atomic mass is 9.92. The first-order valence-corrected chi connectivity index (χ1v) is 14.5. The van der Waals surface area contributed by atoms with E-state index in [1.54, 1.807) is 18.2 Å². The number of pyridine rings is 1. The quantitative estimate of drug-likeness (QED) is 0.233. The highest BCUT2D eigenvalue weighted by molar-refractivity contribution is 6.39. The van der Waals surface area contributed by atoms with Crippen molar-refractivity contribution in [2.24, 2.45) is 7.05 Å². The Balaban J connectivity index is 1.44. The van der Waals surface area contributed by atoms with Gasteiger partial charge in [-0.05, 0) is 37.1 Å². The molecule has 9 nitrogen and oxygen atoms in total. The number of aromatic nitrogens is 3. The van der Waals surface area contributed by atoms with Gasteiger partial charge in [-0.3, -0.25) is 9.59 Å². The molecule has 2 atom stereocenters. The lowest BCUT2D eigenvalue weighted by Crippen LogP contribution is -2.41. The fourth-order valence-corrected chi connectivity index (χ4v) is 5.79. The minimum atomic E-state index is -0.759. The van der Waals surface area contributed by atoms with Gasteiger partial charge in [-0.25, -0.2) is 14.1 Å². The molecule has 2 aromatic carbocycles. The Labute approximate surface area is 257 Å². The number of nitrogens with one attached hydrogen (secondary N) is 2. The number of hydrogen-bond donors (Lipinski definition) is 3. The number of aryl methyl sites for hydroxylation is 1. The molecule has 0 unspecified atom stereocenters. The van der Waals surface area contributed by atoms with Crippen LogP contribution in [0.2, 0.25) is 10.0 Å². The maximum Gasteiger partial charge on any atom is 0.279 e. The van der Waals surface area contributed by atoms with Gasteiger partial charge in [0.15, 0.2) is 0 Å². The van der Waals surface area contributed by atoms with Crippen LogP contribution in [0.1, 0.15) is 41.6 Å². The predicted octanol–water partition coefficient (Wildman–Crippen LogP) is 5.61. The SMILES string of the molecule is COc1nc(-c2cccc(-c3cc(F)cc(NC(=O)c4ccnn(C)c4=O)c3Cl)c2Cl)ccc1CN[C@@H]1CCCC[C@@H]1O. The molecule has 0 saturated heterocycles. The van der Waals surface area contributed by atoms with Crippen molar-refractivity contribution in [1.82, 2.24) is 20.1 Å². The molecular weight excluding hydrogens is 596 g/mol. The van der Waals surface area contributed by atoms with Gasteiger partial charge in [0.1, 0.15) is 11.4 Å². The summed E-state index contributed by atoms with van der Waals surface area (Å²) < 4.78 is 21.4. The van der Waals surface area contributed by atoms with Gasteiger partial charge >= 0.3 is 0 Å². The number of ether oxygens (including phenoxy) is 1. The van der Waals surface area contributed by atoms with Crippen molar-refractivity contribution < 1.29 is 19.0 Å². The van der Waals surface area contributed by atoms with Crippen LogP contribution in [0.25, 0.3) is 22.4 Å². The minimum absolute atomic E-state index is 0.0185. The summed E-state index contributed by atoms with van der Waals surface area (Å²) in [6.45, 7) is 0.477. The van der Waals surface area contributed by atoms with Gasteiger partial charge in [0, 0.05) is 48.1 Å². The number of benzene rings is 2. The molecule has 1 amide bonds. The van der Waals surface area contributed by atoms with Crippen LogP contribution in [0.4, 0.5) is 10.1 Å². The van der Waals surface area contributed by atoms with Crippen LogP contribution in [-0.2, 0) is 13.6 Å². The van der Waals surface area contributed by atoms with Crippen LogP contribution in [0.5, 0.6) is 5.88 Å². The first-order valence-electron chi connectivity index (χ1n) is 13.7. The molecular formula is C31H30Cl2FN5O4. The van der Waals surface area contributed by atoms with E-state index < -0.39 is 17.3 Å². The fourth-order valence-electron chi connectivity index (χ4n) is 5.20. The Morgan fingerprint density at radius 3 is 2.63 bits per heavy atom. The summed E-state index contributed by atoms with van der Waals surface area (Å²) in [5.74, 6) is -1.02. The highest BCUT2D eigenvalue weighted by atomic mass is 35.5. The molecule has 4 aromatic rings. The number of aliphatic hydroxyl groups excluding tert-OH is 1. The van der Waals surface area contributed by atoms with Crippen LogP contribution < -0.4 is 20.9 Å². The van der Waals surface area contributed by atoms with Crippen molar-refractivity contribution in [3.63, 3.8) is 0 Å². The van der Waals surface area contributed by atoms with E-state index >= 15 is 0 Å². The predicted molar refractivity (Wildman–Crippen MR) is 164 cm³/mol. The van der Waals surface area contributed by atoms with Crippen molar-refractivity contribution in [1.29, 1.82) is 0 Å². The minimum Gasteiger partial charge on any atom is -0.481 e. The topological polar surface area (TPSA) is 118 Å². The van der Waals surface area contributed by atoms with Crippen LogP contribution in [0.15, 0.2) is 59.5 Å². The van der Waals surface area contributed by atoms with Crippen LogP contribution in [-0.4, -0.2) is 45.0 Å². The zero-order valence-corrected chi connectivity index (χ0v) is 25.0. The van der Waals surface area contributed by atoms with Crippen LogP contribution >= 0.6 is 23.2 Å². The lowest BCUT2D eigenvalue weighted by Gasteiger charge is -2.28. The largest absolute Gasteiger partial charge is 0.481 e. The second kappa shape index (κ2) is 13.2. The van der Waals surface area contributed by atoms with Gasteiger partial charge in [-0.2, -0.15) is 5.10 Å². The standard InChI is InChI=1S/C31H30Cl2FN5O4/c1-39-31(42)21(12-13-36-39)29(41)37-25-15-18(34)14-22(28(25)33)19-6-5-7-20(27(19)32)23-11-10-17(30(38-23)43-2)16-35-24-8-3-4-9-26(24)40/h5-7,10-15,24,26,35,40H,3-4,8-9,16H2,1-2H3,(H,37,41)/t24-,26+/m1/s1. The van der Waals surface area contributed by atoms with Gasteiger partial charge in [-0.1, -0.05) is 60.3 Å². The number of methoxy groups -OCH3 is 1. The number of aliphatic hydroxyl groups is 1. The molecule has 2 heterocycles. The molecule has 3 N–H and O–H groups in total. The highest BCUT2D eigenvalue weighted by Crippen LogP contribution is 2.42. The number of carbonyl (C=O) groups is 1. The summed E-state index contributed by atoms with van der Waals surface area (Å²) >= 11 is 13.5. The monoisotopic (exact) mass is 625 g/mol. The second-order valence-electron chi connectivity index (χ2n) is 10.3. The van der Waals surface area contributed by atoms with E-state index in [-0.39, 0.29) is 39.0 Å². The van der Waals surface area contributed by atoms with Crippen molar-refractivity contribution in [3.8, 4) is 28.3 Å². The van der Waals surface area contributed by atoms with Crippen molar-refractivity contribution in [2.45, 2.75) is 44.4 Å². The number of rotatable bonds is 8. The Morgan fingerprint density at radius 2 is 1.86 bits per heavy atom. The average molecular weight is 627 g/mol. The highest BCUT2D eigenvalue weighted by Gasteiger charge is 2.23. The number of halogens is 3. The molecule has 0 aliphatic heterocycles. The molecule has 224 valence electrons. The molecule has 0 spiro atoms. The molecule has 1 saturated carbocycles.